The largest absolute Gasteiger partial charge is 0.312 e. The zero-order chi connectivity index (χ0) is 6.95. The Morgan fingerprint density at radius 1 is 1.67 bits per heavy atom. The van der Waals surface area contributed by atoms with E-state index in [1.807, 2.05) is 6.21 Å². The van der Waals surface area contributed by atoms with Crippen molar-refractivity contribution in [3.63, 3.8) is 0 Å². The highest BCUT2D eigenvalue weighted by atomic mass is 14.9. The summed E-state index contributed by atoms with van der Waals surface area (Å²) in [6, 6.07) is 0. The lowest BCUT2D eigenvalue weighted by atomic mass is 10.5. The first kappa shape index (κ1) is 8.37. The normalized spacial score (nSPS) is 10.3. The number of nitrogens with zero attached hydrogens (tertiary/aromatic N) is 1. The van der Waals surface area contributed by atoms with E-state index in [1.54, 1.807) is 0 Å². The predicted octanol–water partition coefficient (Wildman–Crippen LogP) is 1.20. The molecule has 0 atom stereocenters. The lowest BCUT2D eigenvalue weighted by molar-refractivity contribution is 0.746. The molecule has 0 bridgehead atoms. The minimum absolute atomic E-state index is 0.847. The topological polar surface area (TPSA) is 24.4 Å². The van der Waals surface area contributed by atoms with Gasteiger partial charge in [0.25, 0.3) is 0 Å². The maximum atomic E-state index is 3.82. The average molecular weight is 126 g/mol. The molecule has 0 rings (SSSR count). The Morgan fingerprint density at radius 3 is 3.00 bits per heavy atom. The number of rotatable bonds is 5. The highest BCUT2D eigenvalue weighted by Gasteiger charge is 1.76. The van der Waals surface area contributed by atoms with Crippen molar-refractivity contribution in [2.24, 2.45) is 4.99 Å². The molecule has 0 radical (unpaired) electrons. The molecule has 0 aromatic heterocycles. The molecule has 0 aliphatic rings. The summed E-state index contributed by atoms with van der Waals surface area (Å²) in [5.41, 5.74) is 0. The van der Waals surface area contributed by atoms with Crippen LogP contribution in [0.25, 0.3) is 0 Å². The minimum atomic E-state index is 0.847. The van der Waals surface area contributed by atoms with Gasteiger partial charge in [-0.3, -0.25) is 4.99 Å². The van der Waals surface area contributed by atoms with Gasteiger partial charge >= 0.3 is 0 Å². The number of hydrogen-bond acceptors (Lipinski definition) is 2. The molecule has 0 aliphatic heterocycles. The Labute approximate surface area is 56.7 Å². The summed E-state index contributed by atoms with van der Waals surface area (Å²) in [5, 5.41) is 3.17. The van der Waals surface area contributed by atoms with Gasteiger partial charge in [0, 0.05) is 19.0 Å². The van der Waals surface area contributed by atoms with Crippen LogP contribution in [0.15, 0.2) is 17.8 Å². The fraction of sp³-hybridized carbons (Fsp3) is 0.571. The maximum Gasteiger partial charge on any atom is 0.0309 e. The smallest absolute Gasteiger partial charge is 0.0309 e. The van der Waals surface area contributed by atoms with Crippen molar-refractivity contribution < 1.29 is 0 Å². The molecule has 0 spiro atoms. The molecular weight excluding hydrogens is 112 g/mol. The van der Waals surface area contributed by atoms with Gasteiger partial charge in [-0.25, -0.2) is 0 Å². The second-order valence-corrected chi connectivity index (χ2v) is 1.72. The van der Waals surface area contributed by atoms with Crippen molar-refractivity contribution in [1.82, 2.24) is 5.32 Å². The highest BCUT2D eigenvalue weighted by Crippen LogP contribution is 1.67. The van der Waals surface area contributed by atoms with E-state index in [0.29, 0.717) is 0 Å². The van der Waals surface area contributed by atoms with Crippen LogP contribution in [0.3, 0.4) is 0 Å². The van der Waals surface area contributed by atoms with Crippen molar-refractivity contribution in [3.8, 4) is 0 Å². The molecule has 0 saturated carbocycles. The minimum Gasteiger partial charge on any atom is -0.312 e. The molecule has 0 amide bonds. The molecule has 9 heavy (non-hydrogen) atoms. The van der Waals surface area contributed by atoms with Crippen LogP contribution in [0.4, 0.5) is 0 Å². The molecule has 0 unspecified atom stereocenters. The molecule has 1 N–H and O–H groups in total. The lowest BCUT2D eigenvalue weighted by Crippen LogP contribution is -2.16. The van der Waals surface area contributed by atoms with Gasteiger partial charge < -0.3 is 5.32 Å². The van der Waals surface area contributed by atoms with Gasteiger partial charge in [0.05, 0.1) is 0 Å². The molecule has 2 nitrogen and oxygen atoms in total. The molecular formula is C7H14N2. The molecule has 0 fully saturated rings. The van der Waals surface area contributed by atoms with Gasteiger partial charge in [0.1, 0.15) is 0 Å². The Balaban J connectivity index is 2.90. The second kappa shape index (κ2) is 7.37. The first-order valence-corrected chi connectivity index (χ1v) is 3.25. The second-order valence-electron chi connectivity index (χ2n) is 1.72. The summed E-state index contributed by atoms with van der Waals surface area (Å²) >= 11 is 0. The number of aliphatic imine (C=N–C) groups is 1. The monoisotopic (exact) mass is 126 g/mol. The first-order valence-electron chi connectivity index (χ1n) is 3.25. The third-order valence-electron chi connectivity index (χ3n) is 0.873. The van der Waals surface area contributed by atoms with E-state index < -0.39 is 0 Å². The van der Waals surface area contributed by atoms with Crippen LogP contribution in [0.1, 0.15) is 13.3 Å². The van der Waals surface area contributed by atoms with E-state index in [2.05, 4.69) is 23.8 Å². The Bertz CT molecular complexity index is 86.9. The third-order valence-corrected chi connectivity index (χ3v) is 0.873. The van der Waals surface area contributed by atoms with Crippen molar-refractivity contribution in [2.75, 3.05) is 13.1 Å². The molecule has 0 saturated heterocycles. The zero-order valence-electron chi connectivity index (χ0n) is 5.93. The van der Waals surface area contributed by atoms with E-state index in [1.165, 1.54) is 12.6 Å². The average Bonchev–Trinajstić information content (AvgIpc) is 1.89. The Kier molecular flexibility index (Phi) is 6.85. The van der Waals surface area contributed by atoms with Crippen LogP contribution < -0.4 is 5.32 Å². The van der Waals surface area contributed by atoms with Crippen molar-refractivity contribution in [3.05, 3.63) is 12.8 Å². The summed E-state index contributed by atoms with van der Waals surface area (Å²) in [6.45, 7) is 7.50. The molecule has 0 heterocycles. The molecule has 2 heteroatoms. The fourth-order valence-electron chi connectivity index (χ4n) is 0.471. The maximum absolute atomic E-state index is 3.82. The lowest BCUT2D eigenvalue weighted by Gasteiger charge is -1.93. The SMILES string of the molecule is C=CN=CCNCCC. The molecule has 0 aromatic carbocycles. The van der Waals surface area contributed by atoms with Crippen molar-refractivity contribution >= 4 is 6.21 Å². The van der Waals surface area contributed by atoms with E-state index in [4.69, 9.17) is 0 Å². The summed E-state index contributed by atoms with van der Waals surface area (Å²) in [5.74, 6) is 0. The van der Waals surface area contributed by atoms with Gasteiger partial charge in [0.15, 0.2) is 0 Å². The van der Waals surface area contributed by atoms with Gasteiger partial charge in [-0.15, -0.1) is 0 Å². The highest BCUT2D eigenvalue weighted by molar-refractivity contribution is 5.60. The Morgan fingerprint density at radius 2 is 2.44 bits per heavy atom. The van der Waals surface area contributed by atoms with Crippen molar-refractivity contribution in [1.29, 1.82) is 0 Å². The molecule has 0 aromatic rings. The summed E-state index contributed by atoms with van der Waals surface area (Å²) < 4.78 is 0. The summed E-state index contributed by atoms with van der Waals surface area (Å²) in [7, 11) is 0. The van der Waals surface area contributed by atoms with E-state index in [9.17, 15) is 0 Å². The van der Waals surface area contributed by atoms with E-state index >= 15 is 0 Å². The van der Waals surface area contributed by atoms with Gasteiger partial charge in [-0.05, 0) is 13.0 Å². The first-order chi connectivity index (χ1) is 4.41. The summed E-state index contributed by atoms with van der Waals surface area (Å²) in [4.78, 5) is 3.82. The number of nitrogens with one attached hydrogen (secondary N) is 1. The third kappa shape index (κ3) is 7.37. The van der Waals surface area contributed by atoms with Gasteiger partial charge in [-0.1, -0.05) is 13.5 Å². The Hall–Kier alpha value is -0.630. The summed E-state index contributed by atoms with van der Waals surface area (Å²) in [6.07, 6.45) is 4.51. The number of hydrogen-bond donors (Lipinski definition) is 1. The van der Waals surface area contributed by atoms with Crippen LogP contribution in [-0.2, 0) is 0 Å². The van der Waals surface area contributed by atoms with Crippen molar-refractivity contribution in [2.45, 2.75) is 13.3 Å². The van der Waals surface area contributed by atoms with E-state index in [0.717, 1.165) is 13.1 Å². The van der Waals surface area contributed by atoms with E-state index in [-0.39, 0.29) is 0 Å². The van der Waals surface area contributed by atoms with Crippen LogP contribution in [0, 0.1) is 0 Å². The predicted molar refractivity (Wildman–Crippen MR) is 41.8 cm³/mol. The quantitative estimate of drug-likeness (QED) is 0.434. The van der Waals surface area contributed by atoms with Gasteiger partial charge in [0.2, 0.25) is 0 Å². The fourth-order valence-corrected chi connectivity index (χ4v) is 0.471. The van der Waals surface area contributed by atoms with Crippen LogP contribution in [0.2, 0.25) is 0 Å². The van der Waals surface area contributed by atoms with Crippen LogP contribution >= 0.6 is 0 Å². The van der Waals surface area contributed by atoms with Crippen LogP contribution in [-0.4, -0.2) is 19.3 Å². The van der Waals surface area contributed by atoms with Crippen LogP contribution in [0.5, 0.6) is 0 Å². The molecule has 52 valence electrons. The standard InChI is InChI=1S/C7H14N2/c1-3-5-9-7-6-8-4-2/h4,6,9H,2-3,5,7H2,1H3. The zero-order valence-corrected chi connectivity index (χ0v) is 5.93. The van der Waals surface area contributed by atoms with Gasteiger partial charge in [-0.2, -0.15) is 0 Å². The molecule has 0 aliphatic carbocycles.